The molecule has 0 atom stereocenters. The first-order valence-corrected chi connectivity index (χ1v) is 9.63. The fraction of sp³-hybridized carbons (Fsp3) is 0.238. The van der Waals surface area contributed by atoms with Crippen LogP contribution in [0.1, 0.15) is 26.3 Å². The minimum absolute atomic E-state index is 0.0593. The average molecular weight is 426 g/mol. The summed E-state index contributed by atoms with van der Waals surface area (Å²) in [5.74, 6) is 1.62. The summed E-state index contributed by atoms with van der Waals surface area (Å²) < 4.78 is 18.0. The van der Waals surface area contributed by atoms with Crippen molar-refractivity contribution < 1.29 is 19.0 Å². The van der Waals surface area contributed by atoms with E-state index >= 15 is 0 Å². The third kappa shape index (κ3) is 5.12. The molecule has 0 aliphatic heterocycles. The number of rotatable bonds is 7. The molecule has 0 aliphatic rings. The number of aromatic amines is 1. The van der Waals surface area contributed by atoms with Gasteiger partial charge in [-0.05, 0) is 62.0 Å². The molecule has 0 saturated carbocycles. The molecule has 0 bridgehead atoms. The Morgan fingerprint density at radius 2 is 2.03 bits per heavy atom. The van der Waals surface area contributed by atoms with Crippen molar-refractivity contribution in [1.29, 1.82) is 0 Å². The van der Waals surface area contributed by atoms with Crippen molar-refractivity contribution in [3.8, 4) is 28.6 Å². The second kappa shape index (κ2) is 9.36. The number of benzene rings is 2. The molecule has 0 spiro atoms. The maximum Gasteiger partial charge on any atom is 0.308 e. The summed E-state index contributed by atoms with van der Waals surface area (Å²) in [5.41, 5.74) is 1.54. The van der Waals surface area contributed by atoms with Gasteiger partial charge in [0.25, 0.3) is 0 Å². The molecule has 0 saturated heterocycles. The minimum Gasteiger partial charge on any atom is -0.493 e. The summed E-state index contributed by atoms with van der Waals surface area (Å²) in [5, 5.41) is 11.5. The van der Waals surface area contributed by atoms with Crippen LogP contribution in [0.4, 0.5) is 0 Å². The van der Waals surface area contributed by atoms with E-state index in [4.69, 9.17) is 26.4 Å². The minimum atomic E-state index is -0.423. The number of carbonyl (C=O) groups excluding carboxylic acids is 1. The van der Waals surface area contributed by atoms with Crippen LogP contribution < -0.4 is 14.2 Å². The van der Waals surface area contributed by atoms with Crippen LogP contribution in [0.15, 0.2) is 47.6 Å². The molecule has 1 aromatic heterocycles. The lowest BCUT2D eigenvalue weighted by Crippen LogP contribution is -2.05. The number of methoxy groups -OCH3 is 1. The van der Waals surface area contributed by atoms with E-state index in [2.05, 4.69) is 15.3 Å². The summed E-state index contributed by atoms with van der Waals surface area (Å²) in [6.45, 7) is 5.26. The molecule has 0 fully saturated rings. The molecular weight excluding hydrogens is 404 g/mol. The van der Waals surface area contributed by atoms with Crippen LogP contribution in [-0.2, 0) is 4.79 Å². The predicted molar refractivity (Wildman–Crippen MR) is 116 cm³/mol. The summed E-state index contributed by atoms with van der Waals surface area (Å²) in [4.78, 5) is 11.2. The van der Waals surface area contributed by atoms with Crippen molar-refractivity contribution in [2.24, 2.45) is 5.10 Å². The highest BCUT2D eigenvalue weighted by atomic mass is 32.1. The second-order valence-corrected chi connectivity index (χ2v) is 6.99. The number of H-pyrrole nitrogens is 1. The number of ether oxygens (including phenoxy) is 3. The number of hydrogen-bond donors (Lipinski definition) is 1. The van der Waals surface area contributed by atoms with E-state index < -0.39 is 5.97 Å². The summed E-state index contributed by atoms with van der Waals surface area (Å²) in [6, 6.07) is 12.7. The molecule has 0 unspecified atom stereocenters. The Labute approximate surface area is 179 Å². The second-order valence-electron chi connectivity index (χ2n) is 6.61. The van der Waals surface area contributed by atoms with Crippen LogP contribution in [0.2, 0.25) is 0 Å². The molecule has 1 N–H and O–H groups in total. The first kappa shape index (κ1) is 21.3. The molecule has 0 aliphatic carbocycles. The fourth-order valence-electron chi connectivity index (χ4n) is 2.69. The van der Waals surface area contributed by atoms with E-state index in [-0.39, 0.29) is 6.10 Å². The third-order valence-corrected chi connectivity index (χ3v) is 4.14. The lowest BCUT2D eigenvalue weighted by atomic mass is 10.2. The smallest absolute Gasteiger partial charge is 0.308 e. The number of nitrogens with one attached hydrogen (secondary N) is 1. The Hall–Kier alpha value is -3.46. The fourth-order valence-corrected chi connectivity index (χ4v) is 2.87. The van der Waals surface area contributed by atoms with Gasteiger partial charge in [-0.3, -0.25) is 4.79 Å². The standard InChI is InChI=1S/C21H22N4O4S/c1-13(2)28-17-7-5-6-16(11-17)20-23-24-21(30)25(20)22-12-15-8-9-18(29-14(3)26)19(10-15)27-4/h5-13H,1-4H3,(H,24,30). The molecule has 3 aromatic rings. The number of nitrogens with zero attached hydrogens (tertiary/aromatic N) is 3. The average Bonchev–Trinajstić information content (AvgIpc) is 3.07. The summed E-state index contributed by atoms with van der Waals surface area (Å²) in [7, 11) is 1.50. The van der Waals surface area contributed by atoms with E-state index in [0.717, 1.165) is 16.9 Å². The van der Waals surface area contributed by atoms with E-state index in [1.165, 1.54) is 18.7 Å². The number of hydrogen-bond acceptors (Lipinski definition) is 7. The Morgan fingerprint density at radius 1 is 1.23 bits per heavy atom. The van der Waals surface area contributed by atoms with Crippen LogP contribution in [0.5, 0.6) is 17.2 Å². The number of carbonyl (C=O) groups is 1. The van der Waals surface area contributed by atoms with Crippen molar-refractivity contribution in [2.75, 3.05) is 7.11 Å². The van der Waals surface area contributed by atoms with Crippen molar-refractivity contribution in [1.82, 2.24) is 14.9 Å². The van der Waals surface area contributed by atoms with Gasteiger partial charge in [0.1, 0.15) is 5.75 Å². The zero-order valence-corrected chi connectivity index (χ0v) is 17.9. The van der Waals surface area contributed by atoms with Crippen molar-refractivity contribution in [3.63, 3.8) is 0 Å². The molecule has 0 radical (unpaired) electrons. The Bertz CT molecular complexity index is 1130. The Morgan fingerprint density at radius 3 is 2.73 bits per heavy atom. The van der Waals surface area contributed by atoms with Gasteiger partial charge in [0, 0.05) is 12.5 Å². The van der Waals surface area contributed by atoms with Crippen LogP contribution in [0.3, 0.4) is 0 Å². The highest BCUT2D eigenvalue weighted by Crippen LogP contribution is 2.28. The first-order valence-electron chi connectivity index (χ1n) is 9.22. The first-order chi connectivity index (χ1) is 14.4. The van der Waals surface area contributed by atoms with Crippen molar-refractivity contribution in [3.05, 3.63) is 52.8 Å². The largest absolute Gasteiger partial charge is 0.493 e. The Kier molecular flexibility index (Phi) is 6.63. The van der Waals surface area contributed by atoms with Gasteiger partial charge in [0.05, 0.1) is 19.4 Å². The molecule has 2 aromatic carbocycles. The molecule has 3 rings (SSSR count). The van der Waals surface area contributed by atoms with Gasteiger partial charge in [-0.15, -0.1) is 0 Å². The van der Waals surface area contributed by atoms with E-state index in [0.29, 0.717) is 22.1 Å². The maximum absolute atomic E-state index is 11.2. The normalized spacial score (nSPS) is 11.1. The van der Waals surface area contributed by atoms with Gasteiger partial charge < -0.3 is 14.2 Å². The molecule has 156 valence electrons. The monoisotopic (exact) mass is 426 g/mol. The summed E-state index contributed by atoms with van der Waals surface area (Å²) in [6.07, 6.45) is 1.67. The highest BCUT2D eigenvalue weighted by molar-refractivity contribution is 7.71. The maximum atomic E-state index is 11.2. The van der Waals surface area contributed by atoms with Crippen LogP contribution in [0.25, 0.3) is 11.4 Å². The van der Waals surface area contributed by atoms with Gasteiger partial charge in [-0.2, -0.15) is 14.9 Å². The molecule has 0 amide bonds. The van der Waals surface area contributed by atoms with Crippen LogP contribution >= 0.6 is 12.2 Å². The Balaban J connectivity index is 1.92. The SMILES string of the molecule is COc1cc(C=Nn2c(-c3cccc(OC(C)C)c3)n[nH]c2=S)ccc1OC(C)=O. The molecular formula is C21H22N4O4S. The lowest BCUT2D eigenvalue weighted by molar-refractivity contribution is -0.132. The number of esters is 1. The summed E-state index contributed by atoms with van der Waals surface area (Å²) >= 11 is 5.33. The van der Waals surface area contributed by atoms with Gasteiger partial charge in [0.15, 0.2) is 17.3 Å². The van der Waals surface area contributed by atoms with Gasteiger partial charge in [-0.1, -0.05) is 12.1 Å². The zero-order valence-electron chi connectivity index (χ0n) is 17.1. The van der Waals surface area contributed by atoms with Crippen molar-refractivity contribution >= 4 is 24.4 Å². The third-order valence-electron chi connectivity index (χ3n) is 3.88. The molecule has 1 heterocycles. The van der Waals surface area contributed by atoms with Gasteiger partial charge >= 0.3 is 5.97 Å². The molecule has 9 heteroatoms. The molecule has 8 nitrogen and oxygen atoms in total. The van der Waals surface area contributed by atoms with E-state index in [1.54, 1.807) is 24.4 Å². The molecule has 30 heavy (non-hydrogen) atoms. The van der Waals surface area contributed by atoms with Crippen LogP contribution in [-0.4, -0.2) is 40.3 Å². The lowest BCUT2D eigenvalue weighted by Gasteiger charge is -2.10. The van der Waals surface area contributed by atoms with Crippen molar-refractivity contribution in [2.45, 2.75) is 26.9 Å². The van der Waals surface area contributed by atoms with E-state index in [1.807, 2.05) is 38.1 Å². The van der Waals surface area contributed by atoms with E-state index in [9.17, 15) is 4.79 Å². The van der Waals surface area contributed by atoms with Gasteiger partial charge in [0.2, 0.25) is 4.77 Å². The van der Waals surface area contributed by atoms with Gasteiger partial charge in [-0.25, -0.2) is 5.10 Å². The quantitative estimate of drug-likeness (QED) is 0.263. The zero-order chi connectivity index (χ0) is 21.7. The number of aromatic nitrogens is 3. The van der Waals surface area contributed by atoms with Crippen LogP contribution in [0, 0.1) is 4.77 Å². The highest BCUT2D eigenvalue weighted by Gasteiger charge is 2.11. The predicted octanol–water partition coefficient (Wildman–Crippen LogP) is 4.21. The topological polar surface area (TPSA) is 90.7 Å².